The lowest BCUT2D eigenvalue weighted by atomic mass is 10.2. The van der Waals surface area contributed by atoms with Crippen molar-refractivity contribution in [2.75, 3.05) is 7.05 Å². The van der Waals surface area contributed by atoms with Gasteiger partial charge in [-0.15, -0.1) is 0 Å². The molecule has 0 atom stereocenters. The van der Waals surface area contributed by atoms with Crippen molar-refractivity contribution in [3.05, 3.63) is 70.5 Å². The minimum absolute atomic E-state index is 0.0292. The molecule has 2 aromatic rings. The Hall–Kier alpha value is -2.60. The maximum Gasteiger partial charge on any atom is 0.336 e. The molecule has 120 valence electrons. The van der Waals surface area contributed by atoms with Crippen molar-refractivity contribution in [2.45, 2.75) is 6.54 Å². The van der Waals surface area contributed by atoms with Crippen LogP contribution in [0, 0.1) is 5.82 Å². The van der Waals surface area contributed by atoms with Crippen LogP contribution in [0.1, 0.15) is 15.9 Å². The van der Waals surface area contributed by atoms with Gasteiger partial charge in [0.15, 0.2) is 0 Å². The van der Waals surface area contributed by atoms with E-state index in [9.17, 15) is 14.0 Å². The maximum absolute atomic E-state index is 13.7. The van der Waals surface area contributed by atoms with Gasteiger partial charge in [0, 0.05) is 23.2 Å². The topological polar surface area (TPSA) is 61.4 Å². The van der Waals surface area contributed by atoms with Gasteiger partial charge < -0.3 is 4.90 Å². The molecule has 0 aliphatic carbocycles. The molecule has 2 aromatic carbocycles. The minimum Gasteiger partial charge on any atom is -0.322 e. The van der Waals surface area contributed by atoms with E-state index in [0.29, 0.717) is 5.56 Å². The standard InChI is InChI=1S/C16H15ClFN3O2/c1-21(10-12-13(17)8-5-9-14(12)18)16(23)20-19-15(22)11-6-3-2-4-7-11/h2-9H,10H2,1H3,(H,19,22)(H,20,23). The fourth-order valence-electron chi connectivity index (χ4n) is 1.86. The third-order valence-electron chi connectivity index (χ3n) is 3.12. The summed E-state index contributed by atoms with van der Waals surface area (Å²) < 4.78 is 13.7. The minimum atomic E-state index is -0.589. The van der Waals surface area contributed by atoms with E-state index >= 15 is 0 Å². The van der Waals surface area contributed by atoms with Gasteiger partial charge >= 0.3 is 6.03 Å². The number of carbonyl (C=O) groups excluding carboxylic acids is 2. The van der Waals surface area contributed by atoms with Crippen molar-refractivity contribution in [3.8, 4) is 0 Å². The highest BCUT2D eigenvalue weighted by Gasteiger charge is 2.15. The summed E-state index contributed by atoms with van der Waals surface area (Å²) in [6.45, 7) is -0.0292. The van der Waals surface area contributed by atoms with Crippen LogP contribution in [0.2, 0.25) is 5.02 Å². The third-order valence-corrected chi connectivity index (χ3v) is 3.48. The third kappa shape index (κ3) is 4.43. The zero-order chi connectivity index (χ0) is 16.8. The van der Waals surface area contributed by atoms with E-state index in [0.717, 1.165) is 0 Å². The second-order valence-electron chi connectivity index (χ2n) is 4.81. The van der Waals surface area contributed by atoms with Crippen LogP contribution < -0.4 is 10.9 Å². The van der Waals surface area contributed by atoms with E-state index in [1.165, 1.54) is 24.1 Å². The maximum atomic E-state index is 13.7. The Kier molecular flexibility index (Phi) is 5.54. The molecule has 5 nitrogen and oxygen atoms in total. The highest BCUT2D eigenvalue weighted by Crippen LogP contribution is 2.20. The number of rotatable bonds is 3. The molecule has 0 bridgehead atoms. The van der Waals surface area contributed by atoms with Crippen molar-refractivity contribution in [2.24, 2.45) is 0 Å². The number of amides is 3. The van der Waals surface area contributed by atoms with Crippen molar-refractivity contribution in [3.63, 3.8) is 0 Å². The largest absolute Gasteiger partial charge is 0.336 e. The van der Waals surface area contributed by atoms with Gasteiger partial charge in [0.2, 0.25) is 0 Å². The van der Waals surface area contributed by atoms with Gasteiger partial charge in [-0.3, -0.25) is 10.2 Å². The number of carbonyl (C=O) groups is 2. The summed E-state index contributed by atoms with van der Waals surface area (Å²) in [5.41, 5.74) is 5.17. The molecule has 23 heavy (non-hydrogen) atoms. The van der Waals surface area contributed by atoms with Gasteiger partial charge in [0.25, 0.3) is 5.91 Å². The number of nitrogens with zero attached hydrogens (tertiary/aromatic N) is 1. The Morgan fingerprint density at radius 3 is 2.43 bits per heavy atom. The number of halogens is 2. The number of hydrogen-bond donors (Lipinski definition) is 2. The summed E-state index contributed by atoms with van der Waals surface area (Å²) in [6, 6.07) is 12.1. The van der Waals surface area contributed by atoms with E-state index in [4.69, 9.17) is 11.6 Å². The lowest BCUT2D eigenvalue weighted by molar-refractivity contribution is 0.0931. The zero-order valence-corrected chi connectivity index (χ0v) is 13.1. The first kappa shape index (κ1) is 16.8. The number of nitrogens with one attached hydrogen (secondary N) is 2. The molecule has 0 radical (unpaired) electrons. The summed E-state index contributed by atoms with van der Waals surface area (Å²) in [7, 11) is 1.47. The summed E-state index contributed by atoms with van der Waals surface area (Å²) in [4.78, 5) is 25.0. The monoisotopic (exact) mass is 335 g/mol. The van der Waals surface area contributed by atoms with Crippen LogP contribution in [0.25, 0.3) is 0 Å². The van der Waals surface area contributed by atoms with Crippen LogP contribution in [-0.2, 0) is 6.54 Å². The second kappa shape index (κ2) is 7.60. The lowest BCUT2D eigenvalue weighted by Crippen LogP contribution is -2.47. The molecule has 0 unspecified atom stereocenters. The molecule has 3 amide bonds. The number of hydrogen-bond acceptors (Lipinski definition) is 2. The fraction of sp³-hybridized carbons (Fsp3) is 0.125. The van der Waals surface area contributed by atoms with Crippen molar-refractivity contribution < 1.29 is 14.0 Å². The molecule has 0 heterocycles. The van der Waals surface area contributed by atoms with Crippen LogP contribution in [0.15, 0.2) is 48.5 Å². The first-order valence-electron chi connectivity index (χ1n) is 6.78. The average Bonchev–Trinajstić information content (AvgIpc) is 2.56. The molecule has 2 rings (SSSR count). The van der Waals surface area contributed by atoms with Gasteiger partial charge in [-0.2, -0.15) is 0 Å². The van der Waals surface area contributed by atoms with Gasteiger partial charge in [-0.1, -0.05) is 35.9 Å². The number of urea groups is 1. The first-order chi connectivity index (χ1) is 11.0. The van der Waals surface area contributed by atoms with Crippen molar-refractivity contribution in [1.82, 2.24) is 15.8 Å². The van der Waals surface area contributed by atoms with E-state index in [2.05, 4.69) is 10.9 Å². The SMILES string of the molecule is CN(Cc1c(F)cccc1Cl)C(=O)NNC(=O)c1ccccc1. The van der Waals surface area contributed by atoms with Gasteiger partial charge in [-0.05, 0) is 24.3 Å². The average molecular weight is 336 g/mol. The van der Waals surface area contributed by atoms with Crippen molar-refractivity contribution >= 4 is 23.5 Å². The van der Waals surface area contributed by atoms with Crippen LogP contribution in [-0.4, -0.2) is 23.9 Å². The fourth-order valence-corrected chi connectivity index (χ4v) is 2.08. The molecule has 0 saturated heterocycles. The molecule has 0 aliphatic rings. The Labute approximate surface area is 138 Å². The van der Waals surface area contributed by atoms with Gasteiger partial charge in [-0.25, -0.2) is 14.6 Å². The quantitative estimate of drug-likeness (QED) is 0.847. The Morgan fingerprint density at radius 1 is 1.09 bits per heavy atom. The highest BCUT2D eigenvalue weighted by molar-refractivity contribution is 6.31. The predicted octanol–water partition coefficient (Wildman–Crippen LogP) is 2.97. The van der Waals surface area contributed by atoms with E-state index in [1.54, 1.807) is 36.4 Å². The predicted molar refractivity (Wildman–Crippen MR) is 85.3 cm³/mol. The molecular weight excluding hydrogens is 321 g/mol. The molecule has 0 aliphatic heterocycles. The van der Waals surface area contributed by atoms with Crippen LogP contribution in [0.5, 0.6) is 0 Å². The first-order valence-corrected chi connectivity index (χ1v) is 7.16. The van der Waals surface area contributed by atoms with E-state index in [1.807, 2.05) is 0 Å². The molecule has 2 N–H and O–H groups in total. The van der Waals surface area contributed by atoms with Crippen molar-refractivity contribution in [1.29, 1.82) is 0 Å². The van der Waals surface area contributed by atoms with E-state index < -0.39 is 17.8 Å². The zero-order valence-electron chi connectivity index (χ0n) is 12.3. The molecule has 0 saturated carbocycles. The highest BCUT2D eigenvalue weighted by atomic mass is 35.5. The number of hydrazine groups is 1. The number of benzene rings is 2. The summed E-state index contributed by atoms with van der Waals surface area (Å²) in [5.74, 6) is -0.943. The Morgan fingerprint density at radius 2 is 1.78 bits per heavy atom. The van der Waals surface area contributed by atoms with Gasteiger partial charge in [0.1, 0.15) is 5.82 Å². The smallest absolute Gasteiger partial charge is 0.322 e. The molecular formula is C16H15ClFN3O2. The van der Waals surface area contributed by atoms with Crippen LogP contribution in [0.4, 0.5) is 9.18 Å². The Balaban J connectivity index is 1.92. The molecule has 0 aromatic heterocycles. The van der Waals surface area contributed by atoms with E-state index in [-0.39, 0.29) is 17.1 Å². The molecule has 0 spiro atoms. The normalized spacial score (nSPS) is 10.0. The van der Waals surface area contributed by atoms with Crippen LogP contribution in [0.3, 0.4) is 0 Å². The lowest BCUT2D eigenvalue weighted by Gasteiger charge is -2.19. The molecule has 7 heteroatoms. The molecule has 0 fully saturated rings. The van der Waals surface area contributed by atoms with Crippen LogP contribution >= 0.6 is 11.6 Å². The summed E-state index contributed by atoms with van der Waals surface area (Å²) in [5, 5.41) is 0.234. The summed E-state index contributed by atoms with van der Waals surface area (Å²) in [6.07, 6.45) is 0. The second-order valence-corrected chi connectivity index (χ2v) is 5.21. The summed E-state index contributed by atoms with van der Waals surface area (Å²) >= 11 is 5.92. The Bertz CT molecular complexity index is 689. The van der Waals surface area contributed by atoms with Gasteiger partial charge in [0.05, 0.1) is 6.54 Å².